The van der Waals surface area contributed by atoms with Gasteiger partial charge in [0.05, 0.1) is 35.4 Å². The number of amides is 2. The van der Waals surface area contributed by atoms with Crippen LogP contribution in [0.25, 0.3) is 0 Å². The van der Waals surface area contributed by atoms with E-state index in [4.69, 9.17) is 27.9 Å². The van der Waals surface area contributed by atoms with Crippen molar-refractivity contribution in [1.82, 2.24) is 4.90 Å². The predicted molar refractivity (Wildman–Crippen MR) is 109 cm³/mol. The summed E-state index contributed by atoms with van der Waals surface area (Å²) in [5.74, 6) is 0.0961. The van der Waals surface area contributed by atoms with E-state index in [1.807, 2.05) is 19.1 Å². The van der Waals surface area contributed by atoms with Gasteiger partial charge in [0, 0.05) is 5.69 Å². The van der Waals surface area contributed by atoms with Crippen molar-refractivity contribution in [3.05, 3.63) is 52.5 Å². The molecular formula is C19H21Cl2N3O3. The lowest BCUT2D eigenvalue weighted by atomic mass is 10.3. The number of halogens is 2. The molecule has 2 aromatic carbocycles. The molecule has 0 atom stereocenters. The van der Waals surface area contributed by atoms with E-state index in [1.165, 1.54) is 0 Å². The molecule has 0 aromatic heterocycles. The Morgan fingerprint density at radius 1 is 1.00 bits per heavy atom. The normalized spacial score (nSPS) is 10.6. The van der Waals surface area contributed by atoms with Crippen LogP contribution in [0.3, 0.4) is 0 Å². The molecule has 0 aliphatic heterocycles. The molecule has 0 aliphatic carbocycles. The Morgan fingerprint density at radius 2 is 1.67 bits per heavy atom. The van der Waals surface area contributed by atoms with E-state index in [-0.39, 0.29) is 24.9 Å². The summed E-state index contributed by atoms with van der Waals surface area (Å²) in [5, 5.41) is 6.28. The second-order valence-electron chi connectivity index (χ2n) is 5.83. The molecule has 2 rings (SSSR count). The van der Waals surface area contributed by atoms with Crippen molar-refractivity contribution in [3.63, 3.8) is 0 Å². The molecule has 0 radical (unpaired) electrons. The molecule has 0 saturated heterocycles. The van der Waals surface area contributed by atoms with Crippen LogP contribution in [-0.4, -0.2) is 43.5 Å². The van der Waals surface area contributed by atoms with Gasteiger partial charge in [0.1, 0.15) is 5.75 Å². The fourth-order valence-corrected chi connectivity index (χ4v) is 2.66. The van der Waals surface area contributed by atoms with Gasteiger partial charge in [-0.25, -0.2) is 0 Å². The van der Waals surface area contributed by atoms with Crippen molar-refractivity contribution in [2.24, 2.45) is 0 Å². The van der Waals surface area contributed by atoms with Crippen LogP contribution in [-0.2, 0) is 9.59 Å². The summed E-state index contributed by atoms with van der Waals surface area (Å²) in [5.41, 5.74) is 1.14. The van der Waals surface area contributed by atoms with Gasteiger partial charge in [-0.3, -0.25) is 14.5 Å². The number of nitrogens with zero attached hydrogens (tertiary/aromatic N) is 1. The van der Waals surface area contributed by atoms with E-state index in [2.05, 4.69) is 10.6 Å². The summed E-state index contributed by atoms with van der Waals surface area (Å²) in [4.78, 5) is 25.9. The fourth-order valence-electron chi connectivity index (χ4n) is 2.36. The molecule has 0 saturated carbocycles. The zero-order valence-corrected chi connectivity index (χ0v) is 16.6. The van der Waals surface area contributed by atoms with Crippen molar-refractivity contribution < 1.29 is 14.3 Å². The predicted octanol–water partition coefficient (Wildman–Crippen LogP) is 3.90. The molecule has 0 fully saturated rings. The smallest absolute Gasteiger partial charge is 0.238 e. The molecule has 0 aliphatic rings. The molecule has 0 spiro atoms. The first-order chi connectivity index (χ1) is 12.9. The highest BCUT2D eigenvalue weighted by Gasteiger charge is 2.13. The van der Waals surface area contributed by atoms with Crippen LogP contribution >= 0.6 is 23.2 Å². The maximum atomic E-state index is 12.2. The van der Waals surface area contributed by atoms with Gasteiger partial charge in [-0.1, -0.05) is 35.3 Å². The quantitative estimate of drug-likeness (QED) is 0.693. The number of likely N-dealkylation sites (N-methyl/N-ethyl adjacent to an activating group) is 1. The van der Waals surface area contributed by atoms with E-state index in [9.17, 15) is 9.59 Å². The molecule has 27 heavy (non-hydrogen) atoms. The highest BCUT2D eigenvalue weighted by Crippen LogP contribution is 2.25. The van der Waals surface area contributed by atoms with Gasteiger partial charge in [0.15, 0.2) is 0 Å². The first-order valence-electron chi connectivity index (χ1n) is 8.34. The third-order valence-electron chi connectivity index (χ3n) is 3.49. The molecule has 2 aromatic rings. The zero-order chi connectivity index (χ0) is 19.8. The first-order valence-corrected chi connectivity index (χ1v) is 9.09. The molecule has 6 nitrogen and oxygen atoms in total. The SMILES string of the molecule is CCOc1ccccc1NC(=O)CN(C)CC(=O)Nc1ccc(Cl)c(Cl)c1. The minimum Gasteiger partial charge on any atom is -0.492 e. The number of carbonyl (C=O) groups is 2. The summed E-state index contributed by atoms with van der Waals surface area (Å²) >= 11 is 11.8. The van der Waals surface area contributed by atoms with Crippen molar-refractivity contribution in [2.45, 2.75) is 6.92 Å². The standard InChI is InChI=1S/C19H21Cl2N3O3/c1-3-27-17-7-5-4-6-16(17)23-19(26)12-24(2)11-18(25)22-13-8-9-14(20)15(21)10-13/h4-10H,3,11-12H2,1-2H3,(H,22,25)(H,23,26). The number of nitrogens with one attached hydrogen (secondary N) is 2. The van der Waals surface area contributed by atoms with Gasteiger partial charge in [0.25, 0.3) is 0 Å². The van der Waals surface area contributed by atoms with Crippen LogP contribution in [0.1, 0.15) is 6.92 Å². The minimum atomic E-state index is -0.265. The average molecular weight is 410 g/mol. The van der Waals surface area contributed by atoms with E-state index in [1.54, 1.807) is 42.3 Å². The molecule has 0 bridgehead atoms. The van der Waals surface area contributed by atoms with Gasteiger partial charge in [-0.2, -0.15) is 0 Å². The highest BCUT2D eigenvalue weighted by molar-refractivity contribution is 6.42. The average Bonchev–Trinajstić information content (AvgIpc) is 2.59. The second-order valence-corrected chi connectivity index (χ2v) is 6.64. The Morgan fingerprint density at radius 3 is 2.33 bits per heavy atom. The van der Waals surface area contributed by atoms with Crippen LogP contribution < -0.4 is 15.4 Å². The summed E-state index contributed by atoms with van der Waals surface area (Å²) < 4.78 is 5.48. The van der Waals surface area contributed by atoms with E-state index >= 15 is 0 Å². The minimum absolute atomic E-state index is 0.0424. The summed E-state index contributed by atoms with van der Waals surface area (Å²) in [7, 11) is 1.68. The van der Waals surface area contributed by atoms with Crippen molar-refractivity contribution in [2.75, 3.05) is 37.4 Å². The van der Waals surface area contributed by atoms with Gasteiger partial charge < -0.3 is 15.4 Å². The first kappa shape index (κ1) is 21.0. The summed E-state index contributed by atoms with van der Waals surface area (Å²) in [6.45, 7) is 2.47. The molecule has 2 amide bonds. The fraction of sp³-hybridized carbons (Fsp3) is 0.263. The van der Waals surface area contributed by atoms with Crippen LogP contribution in [0.4, 0.5) is 11.4 Å². The topological polar surface area (TPSA) is 70.7 Å². The lowest BCUT2D eigenvalue weighted by Crippen LogP contribution is -2.36. The lowest BCUT2D eigenvalue weighted by molar-refractivity contribution is -0.119. The number of para-hydroxylation sites is 2. The van der Waals surface area contributed by atoms with Crippen molar-refractivity contribution in [1.29, 1.82) is 0 Å². The third-order valence-corrected chi connectivity index (χ3v) is 4.23. The number of carbonyl (C=O) groups excluding carboxylic acids is 2. The number of hydrogen-bond donors (Lipinski definition) is 2. The maximum absolute atomic E-state index is 12.2. The number of ether oxygens (including phenoxy) is 1. The monoisotopic (exact) mass is 409 g/mol. The molecule has 2 N–H and O–H groups in total. The molecule has 144 valence electrons. The largest absolute Gasteiger partial charge is 0.492 e. The number of hydrogen-bond acceptors (Lipinski definition) is 4. The lowest BCUT2D eigenvalue weighted by Gasteiger charge is -2.17. The highest BCUT2D eigenvalue weighted by atomic mass is 35.5. The number of anilines is 2. The van der Waals surface area contributed by atoms with E-state index in [0.717, 1.165) is 0 Å². The summed E-state index contributed by atoms with van der Waals surface area (Å²) in [6, 6.07) is 12.0. The van der Waals surface area contributed by atoms with Crippen molar-refractivity contribution in [3.8, 4) is 5.75 Å². The molecule has 0 unspecified atom stereocenters. The Kier molecular flexibility index (Phi) is 7.91. The van der Waals surface area contributed by atoms with Crippen LogP contribution in [0.2, 0.25) is 10.0 Å². The van der Waals surface area contributed by atoms with Crippen LogP contribution in [0.15, 0.2) is 42.5 Å². The number of benzene rings is 2. The second kappa shape index (κ2) is 10.2. The molecule has 0 heterocycles. The third kappa shape index (κ3) is 6.75. The zero-order valence-electron chi connectivity index (χ0n) is 15.1. The Labute approximate surface area is 168 Å². The number of rotatable bonds is 8. The van der Waals surface area contributed by atoms with Gasteiger partial charge in [-0.05, 0) is 44.3 Å². The molecule has 8 heteroatoms. The molecular weight excluding hydrogens is 389 g/mol. The Bertz CT molecular complexity index is 815. The van der Waals surface area contributed by atoms with Gasteiger partial charge >= 0.3 is 0 Å². The van der Waals surface area contributed by atoms with E-state index < -0.39 is 0 Å². The Balaban J connectivity index is 1.85. The van der Waals surface area contributed by atoms with E-state index in [0.29, 0.717) is 33.8 Å². The Hall–Kier alpha value is -2.28. The van der Waals surface area contributed by atoms with Crippen molar-refractivity contribution >= 4 is 46.4 Å². The van der Waals surface area contributed by atoms with Gasteiger partial charge in [-0.15, -0.1) is 0 Å². The summed E-state index contributed by atoms with van der Waals surface area (Å²) in [6.07, 6.45) is 0. The van der Waals surface area contributed by atoms with Gasteiger partial charge in [0.2, 0.25) is 11.8 Å². The van der Waals surface area contributed by atoms with Crippen LogP contribution in [0, 0.1) is 0 Å². The van der Waals surface area contributed by atoms with Crippen LogP contribution in [0.5, 0.6) is 5.75 Å². The maximum Gasteiger partial charge on any atom is 0.238 e.